The summed E-state index contributed by atoms with van der Waals surface area (Å²) in [6.45, 7) is -0.305. The van der Waals surface area contributed by atoms with Crippen molar-refractivity contribution in [3.8, 4) is 5.75 Å². The SMILES string of the molecule is Cl.N[C@@H](CO)C(=O)NCCCC[C@@H](C(=O)NCc1ccc(C(F)(F)F)cc1)n1cc(COc2ccc3nc(S(N)(=O)=O)sc3c2)nn1. The van der Waals surface area contributed by atoms with Crippen molar-refractivity contribution in [1.82, 2.24) is 30.6 Å². The van der Waals surface area contributed by atoms with E-state index in [1.807, 2.05) is 0 Å². The second-order valence-corrected chi connectivity index (χ2v) is 12.9. The number of aromatic nitrogens is 4. The van der Waals surface area contributed by atoms with E-state index < -0.39 is 52.3 Å². The Balaban J connectivity index is 0.00000600. The molecule has 47 heavy (non-hydrogen) atoms. The van der Waals surface area contributed by atoms with Gasteiger partial charge in [-0.2, -0.15) is 13.2 Å². The van der Waals surface area contributed by atoms with Crippen LogP contribution in [0.5, 0.6) is 5.75 Å². The summed E-state index contributed by atoms with van der Waals surface area (Å²) in [6.07, 6.45) is -1.73. The van der Waals surface area contributed by atoms with Gasteiger partial charge in [-0.05, 0) is 55.2 Å². The summed E-state index contributed by atoms with van der Waals surface area (Å²) in [4.78, 5) is 29.0. The van der Waals surface area contributed by atoms with Crippen LogP contribution >= 0.6 is 23.7 Å². The highest BCUT2D eigenvalue weighted by atomic mass is 35.5. The lowest BCUT2D eigenvalue weighted by atomic mass is 10.1. The van der Waals surface area contributed by atoms with Gasteiger partial charge in [-0.1, -0.05) is 17.3 Å². The van der Waals surface area contributed by atoms with Crippen molar-refractivity contribution in [2.45, 2.75) is 55.0 Å². The molecule has 4 rings (SSSR count). The van der Waals surface area contributed by atoms with Crippen molar-refractivity contribution in [2.75, 3.05) is 13.2 Å². The van der Waals surface area contributed by atoms with Gasteiger partial charge >= 0.3 is 6.18 Å². The van der Waals surface area contributed by atoms with E-state index in [9.17, 15) is 31.2 Å². The molecule has 2 aromatic heterocycles. The molecule has 0 radical (unpaired) electrons. The Morgan fingerprint density at radius 2 is 1.81 bits per heavy atom. The molecule has 256 valence electrons. The Bertz CT molecular complexity index is 1770. The first-order valence-corrected chi connectivity index (χ1v) is 16.2. The number of alkyl halides is 3. The van der Waals surface area contributed by atoms with Crippen LogP contribution in [0.3, 0.4) is 0 Å². The van der Waals surface area contributed by atoms with E-state index in [4.69, 9.17) is 20.7 Å². The number of aliphatic hydroxyl groups is 1. The van der Waals surface area contributed by atoms with Crippen LogP contribution in [0.15, 0.2) is 53.0 Å². The Labute approximate surface area is 277 Å². The summed E-state index contributed by atoms with van der Waals surface area (Å²) < 4.78 is 69.4. The molecule has 0 saturated carbocycles. The van der Waals surface area contributed by atoms with Crippen LogP contribution in [0.25, 0.3) is 10.2 Å². The van der Waals surface area contributed by atoms with E-state index >= 15 is 0 Å². The fourth-order valence-electron chi connectivity index (χ4n) is 4.17. The van der Waals surface area contributed by atoms with Crippen molar-refractivity contribution >= 4 is 55.8 Å². The van der Waals surface area contributed by atoms with E-state index in [2.05, 4.69) is 25.9 Å². The molecule has 0 spiro atoms. The zero-order valence-electron chi connectivity index (χ0n) is 24.5. The number of amides is 2. The molecule has 0 fully saturated rings. The molecule has 20 heteroatoms. The topological polar surface area (TPSA) is 217 Å². The number of hydrogen-bond acceptors (Lipinski definition) is 11. The summed E-state index contributed by atoms with van der Waals surface area (Å²) in [7, 11) is -3.95. The molecule has 0 unspecified atom stereocenters. The summed E-state index contributed by atoms with van der Waals surface area (Å²) in [5.41, 5.74) is 5.96. The minimum atomic E-state index is -4.48. The zero-order valence-corrected chi connectivity index (χ0v) is 27.0. The molecule has 2 heterocycles. The molecule has 2 amide bonds. The first kappa shape index (κ1) is 37.6. The Morgan fingerprint density at radius 3 is 2.47 bits per heavy atom. The molecule has 0 bridgehead atoms. The standard InChI is InChI=1S/C27H31F3N8O6S2.ClH/c28-27(29,30)17-6-4-16(5-7-17)12-34-25(41)22(3-1-2-10-33-24(40)20(31)14-39)38-13-18(36-37-38)15-44-19-8-9-21-23(11-19)45-26(35-21)46(32,42)43;/h4-9,11,13,20,22,39H,1-3,10,12,14-15,31H2,(H,33,40)(H,34,41)(H2,32,42,43);1H/t20-,22-;/m0./s1. The number of sulfonamides is 1. The van der Waals surface area contributed by atoms with Crippen LogP contribution in [0, 0.1) is 0 Å². The number of aliphatic hydroxyl groups excluding tert-OH is 1. The molecule has 0 aliphatic heterocycles. The summed E-state index contributed by atoms with van der Waals surface area (Å²) in [6, 6.07) is 7.34. The van der Waals surface area contributed by atoms with Gasteiger partial charge in [-0.15, -0.1) is 28.8 Å². The van der Waals surface area contributed by atoms with E-state index in [1.54, 1.807) is 18.2 Å². The largest absolute Gasteiger partial charge is 0.487 e. The minimum Gasteiger partial charge on any atom is -0.487 e. The fraction of sp³-hybridized carbons (Fsp3) is 0.370. The third-order valence-corrected chi connectivity index (χ3v) is 8.97. The highest BCUT2D eigenvalue weighted by molar-refractivity contribution is 7.91. The quantitative estimate of drug-likeness (QED) is 0.113. The van der Waals surface area contributed by atoms with Crippen LogP contribution < -0.4 is 26.2 Å². The smallest absolute Gasteiger partial charge is 0.416 e. The first-order chi connectivity index (χ1) is 21.7. The van der Waals surface area contributed by atoms with Crippen LogP contribution in [0.1, 0.15) is 42.1 Å². The lowest BCUT2D eigenvalue weighted by Gasteiger charge is -2.17. The van der Waals surface area contributed by atoms with Crippen molar-refractivity contribution < 1.29 is 41.0 Å². The summed E-state index contributed by atoms with van der Waals surface area (Å²) >= 11 is 0.900. The molecule has 4 aromatic rings. The number of ether oxygens (including phenoxy) is 1. The molecule has 0 aliphatic carbocycles. The highest BCUT2D eigenvalue weighted by Gasteiger charge is 2.30. The molecule has 2 atom stereocenters. The van der Waals surface area contributed by atoms with Crippen molar-refractivity contribution in [2.24, 2.45) is 10.9 Å². The lowest BCUT2D eigenvalue weighted by Crippen LogP contribution is -2.43. The van der Waals surface area contributed by atoms with Crippen molar-refractivity contribution in [3.05, 3.63) is 65.5 Å². The molecule has 2 aromatic carbocycles. The van der Waals surface area contributed by atoms with E-state index in [1.165, 1.54) is 23.0 Å². The predicted octanol–water partition coefficient (Wildman–Crippen LogP) is 2.02. The normalized spacial score (nSPS) is 13.1. The number of nitrogens with zero attached hydrogens (tertiary/aromatic N) is 4. The Morgan fingerprint density at radius 1 is 1.09 bits per heavy atom. The zero-order chi connectivity index (χ0) is 33.5. The molecular formula is C27H32ClF3N8O6S2. The first-order valence-electron chi connectivity index (χ1n) is 13.8. The summed E-state index contributed by atoms with van der Waals surface area (Å²) in [5, 5.41) is 27.6. The number of carbonyl (C=O) groups is 2. The number of fused-ring (bicyclic) bond motifs is 1. The highest BCUT2D eigenvalue weighted by Crippen LogP contribution is 2.30. The van der Waals surface area contributed by atoms with Gasteiger partial charge in [0.15, 0.2) is 0 Å². The predicted molar refractivity (Wildman–Crippen MR) is 167 cm³/mol. The number of halogens is 4. The third kappa shape index (κ3) is 10.6. The monoisotopic (exact) mass is 720 g/mol. The maximum Gasteiger partial charge on any atom is 0.416 e. The van der Waals surface area contributed by atoms with Crippen molar-refractivity contribution in [3.63, 3.8) is 0 Å². The number of nitrogens with one attached hydrogen (secondary N) is 2. The van der Waals surface area contributed by atoms with Crippen LogP contribution in [-0.2, 0) is 38.9 Å². The number of nitrogens with two attached hydrogens (primary N) is 2. The minimum absolute atomic E-state index is 0. The Kier molecular flexibility index (Phi) is 13.0. The van der Waals surface area contributed by atoms with Gasteiger partial charge in [-0.25, -0.2) is 23.2 Å². The van der Waals surface area contributed by atoms with Gasteiger partial charge < -0.3 is 26.2 Å². The number of rotatable bonds is 15. The molecular weight excluding hydrogens is 689 g/mol. The number of thiazole rings is 1. The number of unbranched alkanes of at least 4 members (excludes halogenated alkanes) is 1. The van der Waals surface area contributed by atoms with Crippen LogP contribution in [-0.4, -0.2) is 64.5 Å². The van der Waals surface area contributed by atoms with Gasteiger partial charge in [-0.3, -0.25) is 9.59 Å². The number of hydrogen-bond donors (Lipinski definition) is 5. The molecule has 14 nitrogen and oxygen atoms in total. The molecule has 7 N–H and O–H groups in total. The van der Waals surface area contributed by atoms with Crippen LogP contribution in [0.4, 0.5) is 13.2 Å². The van der Waals surface area contributed by atoms with E-state index in [0.29, 0.717) is 40.1 Å². The lowest BCUT2D eigenvalue weighted by molar-refractivity contribution is -0.137. The van der Waals surface area contributed by atoms with Crippen LogP contribution in [0.2, 0.25) is 0 Å². The number of carbonyl (C=O) groups excluding carboxylic acids is 2. The van der Waals surface area contributed by atoms with E-state index in [0.717, 1.165) is 23.5 Å². The molecule has 0 saturated heterocycles. The average Bonchev–Trinajstić information content (AvgIpc) is 3.67. The second kappa shape index (κ2) is 16.3. The number of benzene rings is 2. The number of primary sulfonamides is 1. The maximum atomic E-state index is 13.2. The fourth-order valence-corrected chi connectivity index (χ4v) is 5.86. The van der Waals surface area contributed by atoms with Crippen molar-refractivity contribution in [1.29, 1.82) is 0 Å². The third-order valence-electron chi connectivity index (χ3n) is 6.64. The van der Waals surface area contributed by atoms with Gasteiger partial charge in [0, 0.05) is 13.1 Å². The molecule has 0 aliphatic rings. The summed E-state index contributed by atoms with van der Waals surface area (Å²) in [5.74, 6) is -0.557. The van der Waals surface area contributed by atoms with Gasteiger partial charge in [0.1, 0.15) is 30.1 Å². The second-order valence-electron chi connectivity index (χ2n) is 10.1. The Hall–Kier alpha value is -3.88. The van der Waals surface area contributed by atoms with E-state index in [-0.39, 0.29) is 42.9 Å². The van der Waals surface area contributed by atoms with Gasteiger partial charge in [0.25, 0.3) is 10.0 Å². The average molecular weight is 721 g/mol. The van der Waals surface area contributed by atoms with Gasteiger partial charge in [0.05, 0.1) is 28.6 Å². The maximum absolute atomic E-state index is 13.2. The van der Waals surface area contributed by atoms with Gasteiger partial charge in [0.2, 0.25) is 16.2 Å².